The van der Waals surface area contributed by atoms with E-state index in [0.717, 1.165) is 32.4 Å². The number of nitrogens with one attached hydrogen (secondary N) is 2. The number of rotatable bonds is 7. The molecule has 0 bridgehead atoms. The van der Waals surface area contributed by atoms with Crippen LogP contribution in [0.4, 0.5) is 0 Å². The van der Waals surface area contributed by atoms with Crippen molar-refractivity contribution < 1.29 is 13.2 Å². The third-order valence-electron chi connectivity index (χ3n) is 3.21. The van der Waals surface area contributed by atoms with Gasteiger partial charge in [0.15, 0.2) is 0 Å². The molecule has 1 heterocycles. The summed E-state index contributed by atoms with van der Waals surface area (Å²) in [6.07, 6.45) is 2.74. The van der Waals surface area contributed by atoms with E-state index in [0.29, 0.717) is 13.2 Å². The highest BCUT2D eigenvalue weighted by atomic mass is 32.2. The van der Waals surface area contributed by atoms with Crippen LogP contribution in [-0.2, 0) is 14.8 Å². The Morgan fingerprint density at radius 3 is 2.72 bits per heavy atom. The van der Waals surface area contributed by atoms with Crippen LogP contribution in [0, 0.1) is 0 Å². The maximum atomic E-state index is 12.2. The van der Waals surface area contributed by atoms with Gasteiger partial charge in [0.25, 0.3) is 0 Å². The number of hydrogen-bond acceptors (Lipinski definition) is 4. The Kier molecular flexibility index (Phi) is 6.04. The smallest absolute Gasteiger partial charge is 0.216 e. The minimum atomic E-state index is -3.29. The van der Waals surface area contributed by atoms with E-state index in [4.69, 9.17) is 4.74 Å². The Morgan fingerprint density at radius 2 is 2.17 bits per heavy atom. The summed E-state index contributed by atoms with van der Waals surface area (Å²) in [5, 5.41) is 2.71. The Morgan fingerprint density at radius 1 is 1.44 bits per heavy atom. The first-order valence-electron chi connectivity index (χ1n) is 6.71. The topological polar surface area (TPSA) is 67.4 Å². The van der Waals surface area contributed by atoms with E-state index in [-0.39, 0.29) is 0 Å². The lowest BCUT2D eigenvalue weighted by molar-refractivity contribution is 0.0385. The number of hydrogen-bond donors (Lipinski definition) is 2. The average Bonchev–Trinajstić information content (AvgIpc) is 2.28. The Balaban J connectivity index is 2.51. The maximum Gasteiger partial charge on any atom is 0.216 e. The lowest BCUT2D eigenvalue weighted by atomic mass is 9.97. The van der Waals surface area contributed by atoms with Gasteiger partial charge in [0.05, 0.1) is 17.4 Å². The highest BCUT2D eigenvalue weighted by Crippen LogP contribution is 2.20. The first-order chi connectivity index (χ1) is 8.40. The van der Waals surface area contributed by atoms with E-state index in [9.17, 15) is 8.42 Å². The summed E-state index contributed by atoms with van der Waals surface area (Å²) in [5.74, 6) is 0. The van der Waals surface area contributed by atoms with Crippen molar-refractivity contribution in [2.24, 2.45) is 0 Å². The van der Waals surface area contributed by atoms with Gasteiger partial charge in [0.2, 0.25) is 10.0 Å². The van der Waals surface area contributed by atoms with E-state index in [1.807, 2.05) is 6.92 Å². The van der Waals surface area contributed by atoms with Gasteiger partial charge in [-0.3, -0.25) is 0 Å². The molecule has 0 amide bonds. The molecule has 1 fully saturated rings. The standard InChI is InChI=1S/C12H26N2O3S/c1-4-7-13-9-11(2)18(15,16)14-12(3)6-5-8-17-10-12/h11,13-14H,4-10H2,1-3H3. The molecule has 0 saturated carbocycles. The number of ether oxygens (including phenoxy) is 1. The minimum absolute atomic E-state index is 0.428. The fourth-order valence-corrected chi connectivity index (χ4v) is 3.44. The van der Waals surface area contributed by atoms with Gasteiger partial charge in [-0.15, -0.1) is 0 Å². The van der Waals surface area contributed by atoms with Gasteiger partial charge in [0.1, 0.15) is 0 Å². The van der Waals surface area contributed by atoms with Gasteiger partial charge in [-0.05, 0) is 39.7 Å². The lowest BCUT2D eigenvalue weighted by Gasteiger charge is -2.34. The van der Waals surface area contributed by atoms with Crippen LogP contribution < -0.4 is 10.0 Å². The molecule has 5 nitrogen and oxygen atoms in total. The van der Waals surface area contributed by atoms with E-state index in [2.05, 4.69) is 17.0 Å². The van der Waals surface area contributed by atoms with Crippen LogP contribution in [0.5, 0.6) is 0 Å². The summed E-state index contributed by atoms with van der Waals surface area (Å²) in [5.41, 5.74) is -0.448. The van der Waals surface area contributed by atoms with Crippen LogP contribution in [0.1, 0.15) is 40.0 Å². The molecule has 1 rings (SSSR count). The Labute approximate surface area is 111 Å². The second kappa shape index (κ2) is 6.84. The zero-order valence-corrected chi connectivity index (χ0v) is 12.5. The molecule has 2 N–H and O–H groups in total. The normalized spacial score (nSPS) is 27.1. The van der Waals surface area contributed by atoms with Gasteiger partial charge in [-0.1, -0.05) is 6.92 Å². The van der Waals surface area contributed by atoms with Crippen LogP contribution >= 0.6 is 0 Å². The molecule has 0 spiro atoms. The van der Waals surface area contributed by atoms with E-state index in [1.54, 1.807) is 6.92 Å². The van der Waals surface area contributed by atoms with Gasteiger partial charge in [-0.25, -0.2) is 13.1 Å². The fraction of sp³-hybridized carbons (Fsp3) is 1.00. The maximum absolute atomic E-state index is 12.2. The second-order valence-corrected chi connectivity index (χ2v) is 7.48. The molecule has 0 aliphatic carbocycles. The second-order valence-electron chi connectivity index (χ2n) is 5.38. The average molecular weight is 278 g/mol. The van der Waals surface area contributed by atoms with E-state index >= 15 is 0 Å². The summed E-state index contributed by atoms with van der Waals surface area (Å²) in [7, 11) is -3.29. The third-order valence-corrected chi connectivity index (χ3v) is 5.22. The zero-order chi connectivity index (χ0) is 13.6. The van der Waals surface area contributed by atoms with Crippen LogP contribution in [-0.4, -0.2) is 45.5 Å². The first kappa shape index (κ1) is 15.9. The van der Waals surface area contributed by atoms with Gasteiger partial charge in [0, 0.05) is 13.2 Å². The first-order valence-corrected chi connectivity index (χ1v) is 8.25. The van der Waals surface area contributed by atoms with Gasteiger partial charge < -0.3 is 10.1 Å². The largest absolute Gasteiger partial charge is 0.380 e. The lowest BCUT2D eigenvalue weighted by Crippen LogP contribution is -2.54. The van der Waals surface area contributed by atoms with E-state index < -0.39 is 20.8 Å². The van der Waals surface area contributed by atoms with Crippen molar-refractivity contribution in [3.8, 4) is 0 Å². The van der Waals surface area contributed by atoms with Crippen LogP contribution in [0.25, 0.3) is 0 Å². The summed E-state index contributed by atoms with van der Waals surface area (Å²) < 4.78 is 32.6. The molecule has 0 radical (unpaired) electrons. The molecule has 0 aromatic rings. The molecule has 0 aromatic heterocycles. The monoisotopic (exact) mass is 278 g/mol. The molecule has 2 unspecified atom stereocenters. The molecule has 0 aromatic carbocycles. The van der Waals surface area contributed by atoms with Crippen molar-refractivity contribution in [2.75, 3.05) is 26.3 Å². The van der Waals surface area contributed by atoms with Crippen molar-refractivity contribution >= 4 is 10.0 Å². The Bertz CT molecular complexity index is 337. The highest BCUT2D eigenvalue weighted by Gasteiger charge is 2.34. The van der Waals surface area contributed by atoms with Crippen LogP contribution in [0.3, 0.4) is 0 Å². The number of sulfonamides is 1. The molecule has 1 aliphatic rings. The molecule has 18 heavy (non-hydrogen) atoms. The molecule has 1 saturated heterocycles. The minimum Gasteiger partial charge on any atom is -0.380 e. The van der Waals surface area contributed by atoms with E-state index in [1.165, 1.54) is 0 Å². The Hall–Kier alpha value is -0.170. The van der Waals surface area contributed by atoms with Crippen LogP contribution in [0.2, 0.25) is 0 Å². The predicted molar refractivity (Wildman–Crippen MR) is 73.1 cm³/mol. The zero-order valence-electron chi connectivity index (χ0n) is 11.7. The SMILES string of the molecule is CCCNCC(C)S(=O)(=O)NC1(C)CCCOC1. The summed E-state index contributed by atoms with van der Waals surface area (Å²) >= 11 is 0. The van der Waals surface area contributed by atoms with Gasteiger partial charge >= 0.3 is 0 Å². The molecular weight excluding hydrogens is 252 g/mol. The third kappa shape index (κ3) is 4.84. The molecule has 1 aliphatic heterocycles. The molecule has 2 atom stereocenters. The van der Waals surface area contributed by atoms with Crippen molar-refractivity contribution in [2.45, 2.75) is 50.8 Å². The van der Waals surface area contributed by atoms with Crippen molar-refractivity contribution in [3.63, 3.8) is 0 Å². The molecular formula is C12H26N2O3S. The van der Waals surface area contributed by atoms with Crippen molar-refractivity contribution in [3.05, 3.63) is 0 Å². The van der Waals surface area contributed by atoms with Crippen molar-refractivity contribution in [1.82, 2.24) is 10.0 Å². The summed E-state index contributed by atoms with van der Waals surface area (Å²) in [6, 6.07) is 0. The summed E-state index contributed by atoms with van der Waals surface area (Å²) in [6.45, 7) is 8.23. The quantitative estimate of drug-likeness (QED) is 0.678. The fourth-order valence-electron chi connectivity index (χ4n) is 2.05. The highest BCUT2D eigenvalue weighted by molar-refractivity contribution is 7.90. The predicted octanol–water partition coefficient (Wildman–Crippen LogP) is 0.863. The molecule has 6 heteroatoms. The summed E-state index contributed by atoms with van der Waals surface area (Å²) in [4.78, 5) is 0. The van der Waals surface area contributed by atoms with Crippen LogP contribution in [0.15, 0.2) is 0 Å². The molecule has 108 valence electrons. The van der Waals surface area contributed by atoms with Gasteiger partial charge in [-0.2, -0.15) is 0 Å². The van der Waals surface area contributed by atoms with Crippen molar-refractivity contribution in [1.29, 1.82) is 0 Å².